The number of carbonyl (C=O) groups excluding carboxylic acids is 4. The number of methoxy groups -OCH3 is 2. The lowest BCUT2D eigenvalue weighted by atomic mass is 9.86. The van der Waals surface area contributed by atoms with Gasteiger partial charge < -0.3 is 20.5 Å². The van der Waals surface area contributed by atoms with Crippen molar-refractivity contribution in [3.05, 3.63) is 34.9 Å². The number of esters is 2. The minimum absolute atomic E-state index is 0.144. The number of nitrogens with two attached hydrogens (primary N) is 1. The molecule has 0 aliphatic carbocycles. The first-order chi connectivity index (χ1) is 14.5. The third-order valence-electron chi connectivity index (χ3n) is 4.40. The lowest BCUT2D eigenvalue weighted by molar-refractivity contribution is -0.162. The van der Waals surface area contributed by atoms with Gasteiger partial charge in [0.2, 0.25) is 5.91 Å². The first-order valence-electron chi connectivity index (χ1n) is 8.59. The highest BCUT2D eigenvalue weighted by molar-refractivity contribution is 5.99. The van der Waals surface area contributed by atoms with Crippen molar-refractivity contribution in [2.45, 2.75) is 25.3 Å². The Labute approximate surface area is 177 Å². The number of rotatable bonds is 7. The van der Waals surface area contributed by atoms with E-state index in [0.29, 0.717) is 0 Å². The fourth-order valence-electron chi connectivity index (χ4n) is 2.74. The van der Waals surface area contributed by atoms with E-state index in [-0.39, 0.29) is 18.2 Å². The van der Waals surface area contributed by atoms with Gasteiger partial charge in [0, 0.05) is 11.5 Å². The Balaban J connectivity index is 3.41. The van der Waals surface area contributed by atoms with Gasteiger partial charge in [-0.3, -0.25) is 19.2 Å². The van der Waals surface area contributed by atoms with E-state index < -0.39 is 70.7 Å². The van der Waals surface area contributed by atoms with Crippen molar-refractivity contribution in [1.82, 2.24) is 5.32 Å². The minimum Gasteiger partial charge on any atom is -0.468 e. The molecule has 0 unspecified atom stereocenters. The molecule has 32 heavy (non-hydrogen) atoms. The molecule has 0 aliphatic heterocycles. The molecule has 1 aromatic rings. The number of hydrogen-bond acceptors (Lipinski definition) is 6. The summed E-state index contributed by atoms with van der Waals surface area (Å²) in [6.45, 7) is 1.10. The van der Waals surface area contributed by atoms with Crippen LogP contribution in [0.4, 0.5) is 26.3 Å². The van der Waals surface area contributed by atoms with Crippen LogP contribution in [0.2, 0.25) is 0 Å². The van der Waals surface area contributed by atoms with E-state index in [1.165, 1.54) is 0 Å². The van der Waals surface area contributed by atoms with Crippen molar-refractivity contribution in [1.29, 1.82) is 0 Å². The van der Waals surface area contributed by atoms with Gasteiger partial charge in [0.05, 0.1) is 25.3 Å². The summed E-state index contributed by atoms with van der Waals surface area (Å²) in [5, 5.41) is 1.86. The lowest BCUT2D eigenvalue weighted by Crippen LogP contribution is -2.52. The van der Waals surface area contributed by atoms with Crippen LogP contribution in [0.25, 0.3) is 0 Å². The number of hydrogen-bond donors (Lipinski definition) is 2. The number of amides is 2. The molecule has 0 radical (unpaired) electrons. The van der Waals surface area contributed by atoms with Crippen molar-refractivity contribution < 1.29 is 55.0 Å². The monoisotopic (exact) mass is 472 g/mol. The summed E-state index contributed by atoms with van der Waals surface area (Å²) in [4.78, 5) is 48.1. The average molecular weight is 472 g/mol. The molecular weight excluding hydrogens is 454 g/mol. The molecule has 178 valence electrons. The third-order valence-corrected chi connectivity index (χ3v) is 4.40. The molecule has 0 heterocycles. The zero-order valence-corrected chi connectivity index (χ0v) is 16.8. The van der Waals surface area contributed by atoms with Crippen molar-refractivity contribution in [3.63, 3.8) is 0 Å². The summed E-state index contributed by atoms with van der Waals surface area (Å²) < 4.78 is 86.9. The normalized spacial score (nSPS) is 13.8. The van der Waals surface area contributed by atoms with Gasteiger partial charge in [-0.1, -0.05) is 6.92 Å². The zero-order valence-electron chi connectivity index (χ0n) is 16.8. The largest absolute Gasteiger partial charge is 0.468 e. The van der Waals surface area contributed by atoms with E-state index in [1.807, 2.05) is 5.32 Å². The Kier molecular flexibility index (Phi) is 8.24. The summed E-state index contributed by atoms with van der Waals surface area (Å²) in [6.07, 6.45) is -10.4. The second-order valence-corrected chi connectivity index (χ2v) is 6.53. The highest BCUT2D eigenvalue weighted by Gasteiger charge is 2.42. The quantitative estimate of drug-likeness (QED) is 0.355. The number of benzene rings is 1. The van der Waals surface area contributed by atoms with Gasteiger partial charge in [-0.2, -0.15) is 26.3 Å². The Morgan fingerprint density at radius 1 is 0.875 bits per heavy atom. The van der Waals surface area contributed by atoms with Crippen LogP contribution >= 0.6 is 0 Å². The van der Waals surface area contributed by atoms with Crippen LogP contribution in [-0.2, 0) is 36.2 Å². The standard InChI is InChI=1S/C18H18F6N2O6/c1-7(11(15(29)31-2)16(30)32-3)12(13(25)27)26-14(28)8-4-9(17(19,20)21)6-10(5-8)18(22,23)24/h4-7,11-12H,1-3H3,(H2,25,27)(H,26,28)/t7-,12-/m1/s1. The van der Waals surface area contributed by atoms with E-state index in [2.05, 4.69) is 9.47 Å². The van der Waals surface area contributed by atoms with E-state index in [9.17, 15) is 45.5 Å². The van der Waals surface area contributed by atoms with E-state index in [4.69, 9.17) is 5.73 Å². The summed E-state index contributed by atoms with van der Waals surface area (Å²) in [6, 6.07) is -1.76. The Bertz CT molecular complexity index is 851. The highest BCUT2D eigenvalue weighted by atomic mass is 19.4. The maximum atomic E-state index is 13.0. The molecule has 14 heteroatoms. The fraction of sp³-hybridized carbons (Fsp3) is 0.444. The number of ether oxygens (including phenoxy) is 2. The molecule has 1 rings (SSSR count). The van der Waals surface area contributed by atoms with Crippen LogP contribution in [-0.4, -0.2) is 44.0 Å². The van der Waals surface area contributed by atoms with Gasteiger partial charge in [0.25, 0.3) is 5.91 Å². The molecule has 0 fully saturated rings. The molecule has 1 aromatic carbocycles. The minimum atomic E-state index is -5.21. The van der Waals surface area contributed by atoms with Crippen LogP contribution in [0.5, 0.6) is 0 Å². The van der Waals surface area contributed by atoms with Gasteiger partial charge in [0.15, 0.2) is 5.92 Å². The zero-order chi connectivity index (χ0) is 25.0. The topological polar surface area (TPSA) is 125 Å². The summed E-state index contributed by atoms with van der Waals surface area (Å²) >= 11 is 0. The second kappa shape index (κ2) is 9.87. The first-order valence-corrected chi connectivity index (χ1v) is 8.59. The van der Waals surface area contributed by atoms with Gasteiger partial charge in [-0.05, 0) is 18.2 Å². The first kappa shape index (κ1) is 26.7. The number of halogens is 6. The molecular formula is C18H18F6N2O6. The van der Waals surface area contributed by atoms with Crippen molar-refractivity contribution in [2.24, 2.45) is 17.6 Å². The number of alkyl halides is 6. The molecule has 0 saturated heterocycles. The maximum absolute atomic E-state index is 13.0. The molecule has 0 aromatic heterocycles. The van der Waals surface area contributed by atoms with Crippen LogP contribution in [0.1, 0.15) is 28.4 Å². The predicted molar refractivity (Wildman–Crippen MR) is 93.6 cm³/mol. The van der Waals surface area contributed by atoms with E-state index >= 15 is 0 Å². The van der Waals surface area contributed by atoms with E-state index in [0.717, 1.165) is 21.1 Å². The number of carbonyl (C=O) groups is 4. The Morgan fingerprint density at radius 3 is 1.59 bits per heavy atom. The summed E-state index contributed by atoms with van der Waals surface area (Å²) in [7, 11) is 1.81. The Morgan fingerprint density at radius 2 is 1.28 bits per heavy atom. The molecule has 2 atom stereocenters. The van der Waals surface area contributed by atoms with E-state index in [1.54, 1.807) is 0 Å². The van der Waals surface area contributed by atoms with Crippen LogP contribution in [0, 0.1) is 11.8 Å². The average Bonchev–Trinajstić information content (AvgIpc) is 2.69. The smallest absolute Gasteiger partial charge is 0.416 e. The van der Waals surface area contributed by atoms with Crippen molar-refractivity contribution in [3.8, 4) is 0 Å². The van der Waals surface area contributed by atoms with Crippen molar-refractivity contribution >= 4 is 23.8 Å². The second-order valence-electron chi connectivity index (χ2n) is 6.53. The van der Waals surface area contributed by atoms with Gasteiger partial charge in [-0.15, -0.1) is 0 Å². The lowest BCUT2D eigenvalue weighted by Gasteiger charge is -2.27. The molecule has 8 nitrogen and oxygen atoms in total. The highest BCUT2D eigenvalue weighted by Crippen LogP contribution is 2.36. The van der Waals surface area contributed by atoms with Crippen LogP contribution in [0.3, 0.4) is 0 Å². The molecule has 0 aliphatic rings. The summed E-state index contributed by atoms with van der Waals surface area (Å²) in [5.74, 6) is -8.44. The Hall–Kier alpha value is -3.32. The van der Waals surface area contributed by atoms with Crippen LogP contribution in [0.15, 0.2) is 18.2 Å². The molecule has 0 saturated carbocycles. The molecule has 3 N–H and O–H groups in total. The summed E-state index contributed by atoms with van der Waals surface area (Å²) in [5.41, 5.74) is 0.559. The fourth-order valence-corrected chi connectivity index (χ4v) is 2.74. The number of nitrogens with one attached hydrogen (secondary N) is 1. The SMILES string of the molecule is COC(=O)C(C(=O)OC)[C@@H](C)[C@@H](NC(=O)c1cc(C(F)(F)F)cc(C(F)(F)F)c1)C(N)=O. The molecule has 2 amide bonds. The van der Waals surface area contributed by atoms with Crippen molar-refractivity contribution in [2.75, 3.05) is 14.2 Å². The predicted octanol–water partition coefficient (Wildman–Crippen LogP) is 1.91. The van der Waals surface area contributed by atoms with Gasteiger partial charge in [0.1, 0.15) is 6.04 Å². The van der Waals surface area contributed by atoms with Gasteiger partial charge in [-0.25, -0.2) is 0 Å². The van der Waals surface area contributed by atoms with Crippen LogP contribution < -0.4 is 11.1 Å². The third kappa shape index (κ3) is 6.34. The number of primary amides is 1. The van der Waals surface area contributed by atoms with Gasteiger partial charge >= 0.3 is 24.3 Å². The maximum Gasteiger partial charge on any atom is 0.416 e. The molecule has 0 spiro atoms. The molecule has 0 bridgehead atoms.